The lowest BCUT2D eigenvalue weighted by atomic mass is 10.1. The van der Waals surface area contributed by atoms with Crippen LogP contribution in [0.4, 0.5) is 27.8 Å². The number of nitrogens with two attached hydrogens (primary N) is 1. The number of allylic oxidation sites excluding steroid dienone is 2. The van der Waals surface area contributed by atoms with Crippen molar-refractivity contribution in [3.8, 4) is 17.0 Å². The number of nitrogens with zero attached hydrogens (tertiary/aromatic N) is 5. The quantitative estimate of drug-likeness (QED) is 0.400. The van der Waals surface area contributed by atoms with Gasteiger partial charge in [-0.05, 0) is 24.6 Å². The number of carbonyl (C=O) groups excluding carboxylic acids is 1. The molecule has 0 saturated carbocycles. The van der Waals surface area contributed by atoms with Crippen molar-refractivity contribution in [1.82, 2.24) is 24.6 Å². The van der Waals surface area contributed by atoms with Gasteiger partial charge in [-0.1, -0.05) is 6.58 Å². The van der Waals surface area contributed by atoms with E-state index < -0.39 is 35.6 Å². The zero-order valence-corrected chi connectivity index (χ0v) is 19.0. The molecular formula is C24H19F5N6O2. The lowest BCUT2D eigenvalue weighted by Crippen LogP contribution is -2.32. The monoisotopic (exact) mass is 518 g/mol. The number of aromatic nitrogens is 4. The third kappa shape index (κ3) is 4.19. The standard InChI is InChI=1S/C24H19F5N6O2/c1-2-17(36)34-6-5-11(9-34)35-24-18(23(30)31-10-32-24)21(33-35)13-4-3-12(7-14(13)25)37-22-19(28)15(26)8-16(27)20(22)29/h2-4,7-8,10-11,19,22H,1,5-6,9H2,(H2,30,31,32)/t11-,19?,22?/m0/s1. The zero-order chi connectivity index (χ0) is 26.4. The Morgan fingerprint density at radius 1 is 1.22 bits per heavy atom. The number of hydrogen-bond donors (Lipinski definition) is 1. The van der Waals surface area contributed by atoms with Gasteiger partial charge in [-0.3, -0.25) is 4.79 Å². The second-order valence-corrected chi connectivity index (χ2v) is 8.49. The topological polar surface area (TPSA) is 99.2 Å². The molecule has 192 valence electrons. The van der Waals surface area contributed by atoms with Crippen LogP contribution in [-0.2, 0) is 4.79 Å². The molecule has 0 spiro atoms. The molecule has 1 fully saturated rings. The highest BCUT2D eigenvalue weighted by Crippen LogP contribution is 2.37. The molecule has 3 heterocycles. The molecule has 2 aliphatic rings. The first kappa shape index (κ1) is 24.4. The highest BCUT2D eigenvalue weighted by atomic mass is 19.2. The van der Waals surface area contributed by atoms with Gasteiger partial charge in [0.05, 0.1) is 11.4 Å². The first-order valence-corrected chi connectivity index (χ1v) is 11.1. The number of fused-ring (bicyclic) bond motifs is 1. The minimum atomic E-state index is -2.60. The number of carbonyl (C=O) groups is 1. The summed E-state index contributed by atoms with van der Waals surface area (Å²) in [4.78, 5) is 21.8. The number of nitrogen functional groups attached to an aromatic ring is 1. The summed E-state index contributed by atoms with van der Waals surface area (Å²) in [7, 11) is 0. The Morgan fingerprint density at radius 2 is 2.00 bits per heavy atom. The first-order chi connectivity index (χ1) is 17.7. The van der Waals surface area contributed by atoms with Crippen molar-refractivity contribution in [2.24, 2.45) is 0 Å². The largest absolute Gasteiger partial charge is 0.480 e. The summed E-state index contributed by atoms with van der Waals surface area (Å²) < 4.78 is 77.1. The minimum absolute atomic E-state index is 0.0374. The molecule has 1 amide bonds. The van der Waals surface area contributed by atoms with E-state index >= 15 is 4.39 Å². The van der Waals surface area contributed by atoms with Crippen molar-refractivity contribution in [3.63, 3.8) is 0 Å². The molecule has 8 nitrogen and oxygen atoms in total. The fourth-order valence-corrected chi connectivity index (χ4v) is 4.41. The number of halogens is 5. The molecule has 13 heteroatoms. The Kier molecular flexibility index (Phi) is 6.13. The summed E-state index contributed by atoms with van der Waals surface area (Å²) in [5, 5.41) is 4.79. The van der Waals surface area contributed by atoms with E-state index in [0.717, 1.165) is 6.07 Å². The normalized spacial score (nSPS) is 21.9. The third-order valence-electron chi connectivity index (χ3n) is 6.24. The smallest absolute Gasteiger partial charge is 0.246 e. The minimum Gasteiger partial charge on any atom is -0.480 e. The summed E-state index contributed by atoms with van der Waals surface area (Å²) >= 11 is 0. The van der Waals surface area contributed by atoms with Gasteiger partial charge in [-0.25, -0.2) is 36.6 Å². The number of benzene rings is 1. The summed E-state index contributed by atoms with van der Waals surface area (Å²) in [5.41, 5.74) is 6.44. The SMILES string of the molecule is C=CC(=O)N1CC[C@H](n2nc(-c3ccc(OC4C(F)=C(F)C=C(F)C4F)cc3F)c3c(N)ncnc32)C1. The zero-order valence-electron chi connectivity index (χ0n) is 19.0. The molecule has 1 aliphatic carbocycles. The van der Waals surface area contributed by atoms with Gasteiger partial charge in [0.15, 0.2) is 29.6 Å². The number of rotatable bonds is 5. The van der Waals surface area contributed by atoms with Crippen LogP contribution in [0.15, 0.2) is 60.7 Å². The van der Waals surface area contributed by atoms with E-state index in [1.54, 1.807) is 9.58 Å². The molecule has 3 aromatic rings. The predicted molar refractivity (Wildman–Crippen MR) is 123 cm³/mol. The van der Waals surface area contributed by atoms with Gasteiger partial charge >= 0.3 is 0 Å². The third-order valence-corrected chi connectivity index (χ3v) is 6.24. The van der Waals surface area contributed by atoms with Crippen LogP contribution in [0.1, 0.15) is 12.5 Å². The molecule has 1 aromatic carbocycles. The van der Waals surface area contributed by atoms with Gasteiger partial charge in [-0.15, -0.1) is 0 Å². The number of anilines is 1. The molecule has 0 radical (unpaired) electrons. The number of amides is 1. The molecule has 1 saturated heterocycles. The average Bonchev–Trinajstić information content (AvgIpc) is 3.51. The van der Waals surface area contributed by atoms with E-state index in [1.807, 2.05) is 0 Å². The summed E-state index contributed by atoms with van der Waals surface area (Å²) in [6.45, 7) is 4.28. The maximum atomic E-state index is 15.3. The first-order valence-electron chi connectivity index (χ1n) is 11.1. The van der Waals surface area contributed by atoms with E-state index in [2.05, 4.69) is 21.6 Å². The molecule has 2 unspecified atom stereocenters. The van der Waals surface area contributed by atoms with Crippen molar-refractivity contribution < 1.29 is 31.5 Å². The van der Waals surface area contributed by atoms with Gasteiger partial charge in [0, 0.05) is 30.8 Å². The molecule has 5 rings (SSSR count). The fourth-order valence-electron chi connectivity index (χ4n) is 4.41. The van der Waals surface area contributed by atoms with Crippen molar-refractivity contribution in [2.75, 3.05) is 18.8 Å². The number of likely N-dealkylation sites (tertiary alicyclic amines) is 1. The van der Waals surface area contributed by atoms with Crippen LogP contribution in [0.25, 0.3) is 22.3 Å². The molecule has 2 aromatic heterocycles. The average molecular weight is 518 g/mol. The molecule has 3 atom stereocenters. The Labute approximate surface area is 206 Å². The van der Waals surface area contributed by atoms with Crippen LogP contribution in [0, 0.1) is 5.82 Å². The van der Waals surface area contributed by atoms with Crippen LogP contribution < -0.4 is 10.5 Å². The Hall–Kier alpha value is -4.29. The van der Waals surface area contributed by atoms with Crippen LogP contribution >= 0.6 is 0 Å². The van der Waals surface area contributed by atoms with Crippen LogP contribution in [0.2, 0.25) is 0 Å². The Morgan fingerprint density at radius 3 is 2.73 bits per heavy atom. The molecule has 2 N–H and O–H groups in total. The fraction of sp³-hybridized carbons (Fsp3) is 0.250. The van der Waals surface area contributed by atoms with Crippen molar-refractivity contribution in [1.29, 1.82) is 0 Å². The lowest BCUT2D eigenvalue weighted by molar-refractivity contribution is -0.125. The highest BCUT2D eigenvalue weighted by molar-refractivity contribution is 5.98. The van der Waals surface area contributed by atoms with Gasteiger partial charge < -0.3 is 15.4 Å². The van der Waals surface area contributed by atoms with Gasteiger partial charge in [-0.2, -0.15) is 5.10 Å². The van der Waals surface area contributed by atoms with Crippen LogP contribution in [0.5, 0.6) is 5.75 Å². The van der Waals surface area contributed by atoms with Crippen molar-refractivity contribution >= 4 is 22.8 Å². The highest BCUT2D eigenvalue weighted by Gasteiger charge is 2.38. The summed E-state index contributed by atoms with van der Waals surface area (Å²) in [6.07, 6.45) is -1.75. The number of alkyl halides is 1. The number of hydrogen-bond acceptors (Lipinski definition) is 6. The summed E-state index contributed by atoms with van der Waals surface area (Å²) in [5.74, 6) is -6.27. The van der Waals surface area contributed by atoms with E-state index in [0.29, 0.717) is 25.2 Å². The molecular weight excluding hydrogens is 499 g/mol. The van der Waals surface area contributed by atoms with Crippen molar-refractivity contribution in [3.05, 3.63) is 66.6 Å². The molecule has 1 aliphatic heterocycles. The molecule has 37 heavy (non-hydrogen) atoms. The van der Waals surface area contributed by atoms with Crippen molar-refractivity contribution in [2.45, 2.75) is 24.7 Å². The Bertz CT molecular complexity index is 1490. The van der Waals surface area contributed by atoms with Gasteiger partial charge in [0.25, 0.3) is 0 Å². The van der Waals surface area contributed by atoms with Gasteiger partial charge in [0.2, 0.25) is 5.91 Å². The van der Waals surface area contributed by atoms with Gasteiger partial charge in [0.1, 0.15) is 35.2 Å². The second kappa shape index (κ2) is 9.30. The second-order valence-electron chi connectivity index (χ2n) is 8.49. The van der Waals surface area contributed by atoms with E-state index in [-0.39, 0.29) is 46.2 Å². The van der Waals surface area contributed by atoms with Crippen LogP contribution in [0.3, 0.4) is 0 Å². The maximum Gasteiger partial charge on any atom is 0.246 e. The maximum absolute atomic E-state index is 15.3. The Balaban J connectivity index is 1.50. The molecule has 0 bridgehead atoms. The van der Waals surface area contributed by atoms with E-state index in [9.17, 15) is 22.4 Å². The van der Waals surface area contributed by atoms with E-state index in [1.165, 1.54) is 24.5 Å². The number of ether oxygens (including phenoxy) is 1. The van der Waals surface area contributed by atoms with Crippen LogP contribution in [-0.4, -0.2) is 55.9 Å². The lowest BCUT2D eigenvalue weighted by Gasteiger charge is -2.23. The predicted octanol–water partition coefficient (Wildman–Crippen LogP) is 4.28. The van der Waals surface area contributed by atoms with E-state index in [4.69, 9.17) is 10.5 Å². The summed E-state index contributed by atoms with van der Waals surface area (Å²) in [6, 6.07) is 2.94.